The standard InChI is InChI=1S/C21H32N6O4/c1-22-17(28)13-25-20(30)21-4-2-16(26-8-10-31-11-9-26)12-15(21)3-7-27(14-21)19(29)18-23-5-6-24-18/h5-6,15-16H,2-4,7-14H2,1H3,(H,22,28)(H,23,24)(H,25,30)/t15-,16-,21-/m1/s1. The molecule has 0 unspecified atom stereocenters. The molecule has 31 heavy (non-hydrogen) atoms. The van der Waals surface area contributed by atoms with Gasteiger partial charge in [-0.1, -0.05) is 0 Å². The Balaban J connectivity index is 1.52. The molecular formula is C21H32N6O4. The molecule has 0 spiro atoms. The van der Waals surface area contributed by atoms with Crippen LogP contribution in [0, 0.1) is 11.3 Å². The molecule has 1 aliphatic carbocycles. The summed E-state index contributed by atoms with van der Waals surface area (Å²) in [5.41, 5.74) is -0.683. The number of carbonyl (C=O) groups excluding carboxylic acids is 3. The number of carbonyl (C=O) groups is 3. The van der Waals surface area contributed by atoms with E-state index in [1.54, 1.807) is 24.3 Å². The van der Waals surface area contributed by atoms with E-state index in [2.05, 4.69) is 25.5 Å². The van der Waals surface area contributed by atoms with Crippen molar-refractivity contribution in [3.05, 3.63) is 18.2 Å². The molecule has 4 rings (SSSR count). The highest BCUT2D eigenvalue weighted by Gasteiger charge is 2.53. The van der Waals surface area contributed by atoms with Crippen molar-refractivity contribution in [1.82, 2.24) is 30.4 Å². The molecule has 170 valence electrons. The van der Waals surface area contributed by atoms with Gasteiger partial charge in [0.1, 0.15) is 0 Å². The summed E-state index contributed by atoms with van der Waals surface area (Å²) in [7, 11) is 1.55. The van der Waals surface area contributed by atoms with Crippen molar-refractivity contribution in [3.8, 4) is 0 Å². The number of ether oxygens (including phenoxy) is 1. The summed E-state index contributed by atoms with van der Waals surface area (Å²) in [6.45, 7) is 4.27. The number of fused-ring (bicyclic) bond motifs is 1. The molecule has 3 heterocycles. The lowest BCUT2D eigenvalue weighted by atomic mass is 9.60. The zero-order valence-corrected chi connectivity index (χ0v) is 18.1. The zero-order chi connectivity index (χ0) is 21.8. The van der Waals surface area contributed by atoms with Crippen LogP contribution < -0.4 is 10.6 Å². The first-order valence-corrected chi connectivity index (χ1v) is 11.1. The van der Waals surface area contributed by atoms with Crippen molar-refractivity contribution < 1.29 is 19.1 Å². The Kier molecular flexibility index (Phi) is 6.57. The summed E-state index contributed by atoms with van der Waals surface area (Å²) in [6.07, 6.45) is 6.46. The lowest BCUT2D eigenvalue weighted by molar-refractivity contribution is -0.144. The maximum absolute atomic E-state index is 13.4. The van der Waals surface area contributed by atoms with Gasteiger partial charge in [-0.05, 0) is 31.6 Å². The van der Waals surface area contributed by atoms with Gasteiger partial charge in [-0.15, -0.1) is 0 Å². The largest absolute Gasteiger partial charge is 0.379 e. The molecule has 1 saturated carbocycles. The topological polar surface area (TPSA) is 120 Å². The minimum Gasteiger partial charge on any atom is -0.379 e. The number of piperidine rings is 1. The predicted octanol–water partition coefficient (Wildman–Crippen LogP) is -0.395. The van der Waals surface area contributed by atoms with Gasteiger partial charge in [0.05, 0.1) is 25.2 Å². The van der Waals surface area contributed by atoms with E-state index in [0.717, 1.165) is 45.6 Å². The minimum absolute atomic E-state index is 0.0528. The van der Waals surface area contributed by atoms with Crippen LogP contribution in [0.5, 0.6) is 0 Å². The molecule has 10 heteroatoms. The number of aromatic nitrogens is 2. The quantitative estimate of drug-likeness (QED) is 0.583. The number of hydrogen-bond acceptors (Lipinski definition) is 6. The van der Waals surface area contributed by atoms with Crippen LogP contribution in [-0.4, -0.2) is 96.5 Å². The molecule has 3 fully saturated rings. The molecule has 2 aliphatic heterocycles. The Morgan fingerprint density at radius 3 is 2.77 bits per heavy atom. The van der Waals surface area contributed by atoms with Crippen molar-refractivity contribution in [2.45, 2.75) is 31.7 Å². The molecular weight excluding hydrogens is 400 g/mol. The molecule has 1 aromatic rings. The summed E-state index contributed by atoms with van der Waals surface area (Å²) < 4.78 is 5.50. The van der Waals surface area contributed by atoms with E-state index in [1.807, 2.05) is 0 Å². The van der Waals surface area contributed by atoms with E-state index in [4.69, 9.17) is 4.74 Å². The fraction of sp³-hybridized carbons (Fsp3) is 0.714. The minimum atomic E-state index is -0.683. The van der Waals surface area contributed by atoms with Gasteiger partial charge >= 0.3 is 0 Å². The molecule has 3 amide bonds. The maximum Gasteiger partial charge on any atom is 0.289 e. The summed E-state index contributed by atoms with van der Waals surface area (Å²) in [6, 6.07) is 0.432. The lowest BCUT2D eigenvalue weighted by Gasteiger charge is -2.53. The second-order valence-electron chi connectivity index (χ2n) is 8.74. The number of nitrogens with zero attached hydrogens (tertiary/aromatic N) is 3. The second-order valence-corrected chi connectivity index (χ2v) is 8.74. The SMILES string of the molecule is CNC(=O)CNC(=O)[C@@]12CC[C@@H](N3CCOCC3)C[C@H]1CCN(C(=O)c1ncc[nH]1)C2. The Labute approximate surface area is 182 Å². The van der Waals surface area contributed by atoms with E-state index in [0.29, 0.717) is 31.4 Å². The molecule has 0 aromatic carbocycles. The number of morpholine rings is 1. The third kappa shape index (κ3) is 4.45. The highest BCUT2D eigenvalue weighted by Crippen LogP contribution is 2.48. The number of imidazole rings is 1. The molecule has 3 atom stereocenters. The fourth-order valence-corrected chi connectivity index (χ4v) is 5.41. The van der Waals surface area contributed by atoms with Crippen LogP contribution >= 0.6 is 0 Å². The molecule has 1 aromatic heterocycles. The maximum atomic E-state index is 13.4. The van der Waals surface area contributed by atoms with Crippen LogP contribution in [0.3, 0.4) is 0 Å². The van der Waals surface area contributed by atoms with Gasteiger partial charge in [0.15, 0.2) is 5.82 Å². The van der Waals surface area contributed by atoms with Crippen LogP contribution in [0.2, 0.25) is 0 Å². The summed E-state index contributed by atoms with van der Waals surface area (Å²) in [5, 5.41) is 5.38. The molecule has 2 saturated heterocycles. The Morgan fingerprint density at radius 2 is 2.06 bits per heavy atom. The molecule has 3 aliphatic rings. The number of H-pyrrole nitrogens is 1. The Hall–Kier alpha value is -2.46. The van der Waals surface area contributed by atoms with Crippen molar-refractivity contribution in [2.24, 2.45) is 11.3 Å². The van der Waals surface area contributed by atoms with E-state index in [1.165, 1.54) is 0 Å². The molecule has 0 bridgehead atoms. The number of nitrogens with one attached hydrogen (secondary N) is 3. The van der Waals surface area contributed by atoms with Gasteiger partial charge in [-0.25, -0.2) is 4.98 Å². The molecule has 3 N–H and O–H groups in total. The molecule has 10 nitrogen and oxygen atoms in total. The van der Waals surface area contributed by atoms with E-state index in [-0.39, 0.29) is 30.2 Å². The monoisotopic (exact) mass is 432 g/mol. The highest BCUT2D eigenvalue weighted by molar-refractivity contribution is 5.92. The van der Waals surface area contributed by atoms with Crippen LogP contribution in [0.1, 0.15) is 36.3 Å². The zero-order valence-electron chi connectivity index (χ0n) is 18.1. The molecule has 0 radical (unpaired) electrons. The van der Waals surface area contributed by atoms with Crippen LogP contribution in [0.4, 0.5) is 0 Å². The van der Waals surface area contributed by atoms with E-state index >= 15 is 0 Å². The number of rotatable bonds is 5. The van der Waals surface area contributed by atoms with Crippen molar-refractivity contribution in [1.29, 1.82) is 0 Å². The van der Waals surface area contributed by atoms with Crippen LogP contribution in [0.25, 0.3) is 0 Å². The van der Waals surface area contributed by atoms with Gasteiger partial charge < -0.3 is 25.3 Å². The lowest BCUT2D eigenvalue weighted by Crippen LogP contribution is -2.62. The van der Waals surface area contributed by atoms with Crippen LogP contribution in [0.15, 0.2) is 12.4 Å². The fourth-order valence-electron chi connectivity index (χ4n) is 5.41. The normalized spacial score (nSPS) is 29.1. The summed E-state index contributed by atoms with van der Waals surface area (Å²) in [5.74, 6) is -0.0841. The third-order valence-corrected chi connectivity index (χ3v) is 7.17. The summed E-state index contributed by atoms with van der Waals surface area (Å²) >= 11 is 0. The number of likely N-dealkylation sites (N-methyl/N-ethyl adjacent to an activating group) is 1. The second kappa shape index (κ2) is 9.35. The Morgan fingerprint density at radius 1 is 1.26 bits per heavy atom. The van der Waals surface area contributed by atoms with Crippen molar-refractivity contribution >= 4 is 17.7 Å². The number of likely N-dealkylation sites (tertiary alicyclic amines) is 1. The highest BCUT2D eigenvalue weighted by atomic mass is 16.5. The van der Waals surface area contributed by atoms with Crippen molar-refractivity contribution in [3.63, 3.8) is 0 Å². The smallest absolute Gasteiger partial charge is 0.289 e. The first-order chi connectivity index (χ1) is 15.0. The van der Waals surface area contributed by atoms with Gasteiger partial charge in [0.25, 0.3) is 5.91 Å². The average Bonchev–Trinajstić information content (AvgIpc) is 3.36. The van der Waals surface area contributed by atoms with Gasteiger partial charge in [-0.2, -0.15) is 0 Å². The summed E-state index contributed by atoms with van der Waals surface area (Å²) in [4.78, 5) is 49.3. The average molecular weight is 433 g/mol. The van der Waals surface area contributed by atoms with Gasteiger partial charge in [0.2, 0.25) is 11.8 Å². The first kappa shape index (κ1) is 21.8. The van der Waals surface area contributed by atoms with Gasteiger partial charge in [0, 0.05) is 51.7 Å². The van der Waals surface area contributed by atoms with Gasteiger partial charge in [-0.3, -0.25) is 19.3 Å². The van der Waals surface area contributed by atoms with Crippen molar-refractivity contribution in [2.75, 3.05) is 53.0 Å². The first-order valence-electron chi connectivity index (χ1n) is 11.1. The van der Waals surface area contributed by atoms with Crippen LogP contribution in [-0.2, 0) is 14.3 Å². The van der Waals surface area contributed by atoms with E-state index < -0.39 is 5.41 Å². The third-order valence-electron chi connectivity index (χ3n) is 7.17. The number of aromatic amines is 1. The number of hydrogen-bond donors (Lipinski definition) is 3. The number of amides is 3. The predicted molar refractivity (Wildman–Crippen MR) is 112 cm³/mol. The Bertz CT molecular complexity index is 794. The van der Waals surface area contributed by atoms with E-state index in [9.17, 15) is 14.4 Å².